The second kappa shape index (κ2) is 22.3. The number of benzene rings is 2. The highest BCUT2D eigenvalue weighted by Gasteiger charge is 2.64. The predicted molar refractivity (Wildman–Crippen MR) is 288 cm³/mol. The van der Waals surface area contributed by atoms with Crippen LogP contribution in [0.5, 0.6) is 5.75 Å². The molecule has 3 aliphatic heterocycles. The van der Waals surface area contributed by atoms with Gasteiger partial charge in [0, 0.05) is 81.4 Å². The van der Waals surface area contributed by atoms with Gasteiger partial charge in [-0.25, -0.2) is 9.97 Å². The summed E-state index contributed by atoms with van der Waals surface area (Å²) in [5.41, 5.74) is 4.25. The van der Waals surface area contributed by atoms with Crippen molar-refractivity contribution < 1.29 is 29.0 Å². The zero-order chi connectivity index (χ0) is 53.3. The number of nitrogens with zero attached hydrogens (tertiary/aromatic N) is 7. The van der Waals surface area contributed by atoms with Crippen LogP contribution in [0.3, 0.4) is 0 Å². The Bertz CT molecular complexity index is 2700. The maximum atomic E-state index is 14.3. The molecule has 18 heteroatoms. The van der Waals surface area contributed by atoms with E-state index in [4.69, 9.17) is 21.3 Å². The number of nitrogens with one attached hydrogen (secondary N) is 3. The molecule has 2 aromatic heterocycles. The van der Waals surface area contributed by atoms with Gasteiger partial charge in [0.2, 0.25) is 17.7 Å². The minimum atomic E-state index is -0.896. The Hall–Kier alpha value is -5.64. The number of piperazine rings is 1. The second-order valence-electron chi connectivity index (χ2n) is 23.1. The molecule has 1 unspecified atom stereocenters. The highest BCUT2D eigenvalue weighted by atomic mass is 35.5. The van der Waals surface area contributed by atoms with Crippen LogP contribution in [0.2, 0.25) is 5.02 Å². The highest BCUT2D eigenvalue weighted by Crippen LogP contribution is 2.55. The van der Waals surface area contributed by atoms with Gasteiger partial charge in [-0.15, -0.1) is 11.3 Å². The number of pyridine rings is 1. The van der Waals surface area contributed by atoms with E-state index >= 15 is 0 Å². The third kappa shape index (κ3) is 12.1. The lowest BCUT2D eigenvalue weighted by Gasteiger charge is -2.63. The summed E-state index contributed by atoms with van der Waals surface area (Å²) < 4.78 is 6.39. The van der Waals surface area contributed by atoms with Crippen LogP contribution in [0.15, 0.2) is 66.3 Å². The van der Waals surface area contributed by atoms with Crippen molar-refractivity contribution in [3.63, 3.8) is 0 Å². The smallest absolute Gasteiger partial charge is 0.253 e. The number of rotatable bonds is 16. The van der Waals surface area contributed by atoms with Crippen LogP contribution >= 0.6 is 22.9 Å². The van der Waals surface area contributed by atoms with E-state index in [1.165, 1.54) is 4.90 Å². The molecular weight excluding hydrogens is 976 g/mol. The van der Waals surface area contributed by atoms with Gasteiger partial charge in [0.05, 0.1) is 50.9 Å². The second-order valence-corrected chi connectivity index (χ2v) is 24.4. The van der Waals surface area contributed by atoms with Crippen molar-refractivity contribution in [1.29, 1.82) is 5.26 Å². The van der Waals surface area contributed by atoms with E-state index in [9.17, 15) is 29.5 Å². The van der Waals surface area contributed by atoms with Crippen molar-refractivity contribution in [2.75, 3.05) is 63.8 Å². The first-order valence-corrected chi connectivity index (χ1v) is 27.2. The quantitative estimate of drug-likeness (QED) is 0.0913. The van der Waals surface area contributed by atoms with Gasteiger partial charge in [0.1, 0.15) is 35.8 Å². The summed E-state index contributed by atoms with van der Waals surface area (Å²) in [6.07, 6.45) is 2.83. The number of thiazole rings is 1. The van der Waals surface area contributed by atoms with Crippen molar-refractivity contribution in [3.8, 4) is 22.3 Å². The minimum Gasteiger partial charge on any atom is -0.489 e. The molecule has 4 aliphatic rings. The fourth-order valence-corrected chi connectivity index (χ4v) is 12.8. The summed E-state index contributed by atoms with van der Waals surface area (Å²) in [7, 11) is 0. The number of anilines is 1. The van der Waals surface area contributed by atoms with Crippen molar-refractivity contribution >= 4 is 52.4 Å². The Morgan fingerprint density at radius 3 is 2.27 bits per heavy atom. The highest BCUT2D eigenvalue weighted by molar-refractivity contribution is 7.13. The van der Waals surface area contributed by atoms with Gasteiger partial charge < -0.3 is 40.5 Å². The summed E-state index contributed by atoms with van der Waals surface area (Å²) in [4.78, 5) is 73.7. The van der Waals surface area contributed by atoms with E-state index in [1.54, 1.807) is 35.7 Å². The van der Waals surface area contributed by atoms with Gasteiger partial charge in [0.15, 0.2) is 0 Å². The molecule has 2 aromatic carbocycles. The molecule has 0 bridgehead atoms. The molecule has 396 valence electrons. The summed E-state index contributed by atoms with van der Waals surface area (Å²) >= 11 is 7.85. The SMILES string of the molecule is Cc1ncsc1-c1ccc([C@H](C)NC(=O)[C@@H]2C[C@@H](O)CN2C(=O)[C@@H](NC(=O)CN2CCN(CCC3CCN(c4ccc(C(=O)NC5C(C)(C)C(Oc6ccc(C#N)c(Cl)c6)C5(C)C)cn4)C3)CC2)C(C)(C)C)cc1. The standard InChI is InChI=1S/C56H73ClN10O6S/c1-34(37-10-12-38(13-11-37)47-35(2)60-33-74-47)61-50(71)44-26-41(68)31-67(44)51(72)48(54(3,4)5)62-46(69)32-65-24-22-64(23-25-65)20-18-36-19-21-66(30-36)45-17-15-40(29-59-45)49(70)63-52-55(6,7)53(56(52,8)9)73-42-16-14-39(28-58)43(57)27-42/h10-17,27,29,33-34,36,41,44,48,52-53,68H,18-26,30-32H2,1-9H3,(H,61,71)(H,62,69)(H,63,70)/t34-,36?,41+,44-,48+,52?,53?/m0/s1. The van der Waals surface area contributed by atoms with E-state index < -0.39 is 23.6 Å². The van der Waals surface area contributed by atoms with Crippen molar-refractivity contribution in [2.24, 2.45) is 22.2 Å². The maximum absolute atomic E-state index is 14.3. The molecule has 1 aliphatic carbocycles. The number of hydrogen-bond acceptors (Lipinski definition) is 13. The van der Waals surface area contributed by atoms with Crippen molar-refractivity contribution in [3.05, 3.63) is 93.7 Å². The van der Waals surface area contributed by atoms with E-state index in [0.29, 0.717) is 27.8 Å². The molecule has 0 radical (unpaired) electrons. The third-order valence-corrected chi connectivity index (χ3v) is 17.1. The summed E-state index contributed by atoms with van der Waals surface area (Å²) in [5, 5.41) is 29.7. The third-order valence-electron chi connectivity index (χ3n) is 15.8. The van der Waals surface area contributed by atoms with E-state index in [-0.39, 0.29) is 72.2 Å². The molecular formula is C56H73ClN10O6S. The number of carbonyl (C=O) groups is 4. The molecule has 16 nitrogen and oxygen atoms in total. The zero-order valence-electron chi connectivity index (χ0n) is 44.3. The number of halogens is 1. The number of β-amino-alcohol motifs (C(OH)–C–C–N with tert-alkyl or cyclic N) is 1. The lowest BCUT2D eigenvalue weighted by Crippen LogP contribution is -2.74. The molecule has 5 atom stereocenters. The Morgan fingerprint density at radius 1 is 0.946 bits per heavy atom. The van der Waals surface area contributed by atoms with Gasteiger partial charge in [-0.1, -0.05) is 84.3 Å². The van der Waals surface area contributed by atoms with Gasteiger partial charge in [-0.3, -0.25) is 24.1 Å². The molecule has 4 aromatic rings. The number of amides is 4. The predicted octanol–water partition coefficient (Wildman–Crippen LogP) is 6.85. The van der Waals surface area contributed by atoms with Crippen molar-refractivity contribution in [2.45, 2.75) is 118 Å². The zero-order valence-corrected chi connectivity index (χ0v) is 45.9. The maximum Gasteiger partial charge on any atom is 0.253 e. The molecule has 1 saturated carbocycles. The van der Waals surface area contributed by atoms with Crippen LogP contribution < -0.4 is 25.6 Å². The molecule has 3 saturated heterocycles. The molecule has 4 fully saturated rings. The summed E-state index contributed by atoms with van der Waals surface area (Å²) in [5.74, 6) is 0.815. The minimum absolute atomic E-state index is 0.0138. The largest absolute Gasteiger partial charge is 0.489 e. The van der Waals surface area contributed by atoms with Crippen LogP contribution in [0, 0.1) is 40.4 Å². The normalized spacial score (nSPS) is 23.6. The van der Waals surface area contributed by atoms with Crippen molar-refractivity contribution in [1.82, 2.24) is 40.6 Å². The topological polar surface area (TPSA) is 196 Å². The van der Waals surface area contributed by atoms with Gasteiger partial charge in [0.25, 0.3) is 5.91 Å². The molecule has 5 heterocycles. The number of hydrogen-bond donors (Lipinski definition) is 4. The summed E-state index contributed by atoms with van der Waals surface area (Å²) in [6.45, 7) is 24.0. The first-order chi connectivity index (χ1) is 35.0. The van der Waals surface area contributed by atoms with E-state index in [1.807, 2.05) is 76.5 Å². The molecule has 8 rings (SSSR count). The number of aliphatic hydroxyl groups excluding tert-OH is 1. The van der Waals surface area contributed by atoms with E-state index in [2.05, 4.69) is 69.4 Å². The number of aryl methyl sites for hydroxylation is 1. The fourth-order valence-electron chi connectivity index (χ4n) is 11.8. The van der Waals surface area contributed by atoms with Crippen LogP contribution in [0.4, 0.5) is 5.82 Å². The van der Waals surface area contributed by atoms with Gasteiger partial charge >= 0.3 is 0 Å². The Labute approximate surface area is 445 Å². The van der Waals surface area contributed by atoms with Gasteiger partial charge in [-0.2, -0.15) is 5.26 Å². The van der Waals surface area contributed by atoms with Crippen LogP contribution in [-0.4, -0.2) is 143 Å². The summed E-state index contributed by atoms with van der Waals surface area (Å²) in [6, 6.07) is 16.7. The van der Waals surface area contributed by atoms with Gasteiger partial charge in [-0.05, 0) is 80.0 Å². The number of nitriles is 1. The lowest BCUT2D eigenvalue weighted by atomic mass is 9.49. The van der Waals surface area contributed by atoms with Crippen LogP contribution in [0.1, 0.15) is 108 Å². The first-order valence-electron chi connectivity index (χ1n) is 25.9. The Balaban J connectivity index is 0.756. The van der Waals surface area contributed by atoms with Crippen LogP contribution in [0.25, 0.3) is 10.4 Å². The number of aliphatic hydroxyl groups is 1. The first kappa shape index (κ1) is 54.6. The molecule has 74 heavy (non-hydrogen) atoms. The monoisotopic (exact) mass is 1050 g/mol. The Kier molecular flexibility index (Phi) is 16.5. The molecule has 4 amide bonds. The Morgan fingerprint density at radius 2 is 1.65 bits per heavy atom. The number of carbonyl (C=O) groups excluding carboxylic acids is 4. The lowest BCUT2D eigenvalue weighted by molar-refractivity contribution is -0.164. The van der Waals surface area contributed by atoms with E-state index in [0.717, 1.165) is 86.2 Å². The molecule has 4 N–H and O–H groups in total. The number of likely N-dealkylation sites (tertiary alicyclic amines) is 1. The van der Waals surface area contributed by atoms with Crippen LogP contribution in [-0.2, 0) is 14.4 Å². The average molecular weight is 1050 g/mol. The number of ether oxygens (including phenoxy) is 1. The fraction of sp³-hybridized carbons (Fsp3) is 0.554. The number of aromatic nitrogens is 2. The molecule has 0 spiro atoms. The average Bonchev–Trinajstić information content (AvgIpc) is 4.13.